The largest absolute Gasteiger partial charge is 0.507 e. The molecule has 0 aliphatic carbocycles. The van der Waals surface area contributed by atoms with E-state index in [2.05, 4.69) is 25.7 Å². The highest BCUT2D eigenvalue weighted by Crippen LogP contribution is 2.29. The molecule has 3 nitrogen and oxygen atoms in total. The lowest BCUT2D eigenvalue weighted by atomic mass is 10.0. The Morgan fingerprint density at radius 3 is 2.45 bits per heavy atom. The van der Waals surface area contributed by atoms with E-state index in [1.807, 2.05) is 7.05 Å². The summed E-state index contributed by atoms with van der Waals surface area (Å²) in [5, 5.41) is 10.7. The summed E-state index contributed by atoms with van der Waals surface area (Å²) in [6, 6.07) is 3.64. The minimum atomic E-state index is -0.177. The van der Waals surface area contributed by atoms with Crippen LogP contribution in [0.4, 0.5) is 0 Å². The van der Waals surface area contributed by atoms with Crippen molar-refractivity contribution >= 4 is 17.4 Å². The van der Waals surface area contributed by atoms with Gasteiger partial charge >= 0.3 is 0 Å². The van der Waals surface area contributed by atoms with Crippen LogP contribution in [0.15, 0.2) is 12.1 Å². The Kier molecular flexibility index (Phi) is 6.03. The average molecular weight is 298 g/mol. The van der Waals surface area contributed by atoms with Gasteiger partial charge in [-0.1, -0.05) is 25.4 Å². The van der Waals surface area contributed by atoms with E-state index in [0.29, 0.717) is 29.1 Å². The maximum Gasteiger partial charge on any atom is 0.163 e. The fourth-order valence-corrected chi connectivity index (χ4v) is 2.57. The van der Waals surface area contributed by atoms with Gasteiger partial charge in [0.15, 0.2) is 5.78 Å². The van der Waals surface area contributed by atoms with E-state index in [1.54, 1.807) is 6.07 Å². The molecule has 0 radical (unpaired) electrons. The number of hydrogen-bond donors (Lipinski definition) is 1. The third-order valence-corrected chi connectivity index (χ3v) is 3.74. The Bertz CT molecular complexity index is 486. The molecule has 4 heteroatoms. The molecule has 0 aliphatic rings. The molecule has 0 aliphatic heterocycles. The molecule has 1 atom stereocenters. The first-order valence-electron chi connectivity index (χ1n) is 6.95. The summed E-state index contributed by atoms with van der Waals surface area (Å²) in [5.41, 5.74) is 0.984. The van der Waals surface area contributed by atoms with Crippen molar-refractivity contribution in [2.45, 2.75) is 46.7 Å². The van der Waals surface area contributed by atoms with Gasteiger partial charge in [-0.25, -0.2) is 0 Å². The molecule has 0 fully saturated rings. The van der Waals surface area contributed by atoms with Crippen molar-refractivity contribution in [1.29, 1.82) is 0 Å². The number of rotatable bonds is 6. The van der Waals surface area contributed by atoms with Gasteiger partial charge in [-0.05, 0) is 45.4 Å². The highest BCUT2D eigenvalue weighted by molar-refractivity contribution is 6.31. The highest BCUT2D eigenvalue weighted by atomic mass is 35.5. The number of phenols is 1. The summed E-state index contributed by atoms with van der Waals surface area (Å²) in [5.74, 6) is 0.489. The number of halogens is 1. The molecule has 1 unspecified atom stereocenters. The third-order valence-electron chi connectivity index (χ3n) is 3.52. The van der Waals surface area contributed by atoms with Gasteiger partial charge in [-0.15, -0.1) is 0 Å². The van der Waals surface area contributed by atoms with Crippen molar-refractivity contribution in [2.24, 2.45) is 5.92 Å². The number of hydrogen-bond acceptors (Lipinski definition) is 3. The van der Waals surface area contributed by atoms with Gasteiger partial charge in [0, 0.05) is 23.2 Å². The number of Topliss-reactive ketones (excluding diaryl/α,β-unsaturated/α-hetero) is 1. The van der Waals surface area contributed by atoms with Crippen molar-refractivity contribution in [3.63, 3.8) is 0 Å². The smallest absolute Gasteiger partial charge is 0.163 e. The van der Waals surface area contributed by atoms with Crippen LogP contribution in [0.3, 0.4) is 0 Å². The summed E-state index contributed by atoms with van der Waals surface area (Å²) < 4.78 is 0. The van der Waals surface area contributed by atoms with Crippen LogP contribution in [0.1, 0.15) is 50.0 Å². The number of phenolic OH excluding ortho intramolecular Hbond substituents is 1. The second-order valence-corrected chi connectivity index (χ2v) is 6.35. The predicted octanol–water partition coefficient (Wildman–Crippen LogP) is 4.11. The molecule has 112 valence electrons. The number of aromatic hydroxyl groups is 1. The number of carbonyl (C=O) groups excluding carboxylic acids is 1. The summed E-state index contributed by atoms with van der Waals surface area (Å²) in [6.07, 6.45) is 1.08. The standard InChI is InChI=1S/C16H24ClNO2/c1-10(2)6-11(3)18(5)9-13-7-14(17)8-15(12(4)19)16(13)20/h7-8,10-11,20H,6,9H2,1-5H3. The molecule has 20 heavy (non-hydrogen) atoms. The van der Waals surface area contributed by atoms with Crippen LogP contribution in [-0.4, -0.2) is 28.9 Å². The number of ketones is 1. The van der Waals surface area contributed by atoms with Crippen LogP contribution in [0, 0.1) is 5.92 Å². The highest BCUT2D eigenvalue weighted by Gasteiger charge is 2.17. The molecule has 1 aromatic carbocycles. The number of nitrogens with zero attached hydrogens (tertiary/aromatic N) is 1. The van der Waals surface area contributed by atoms with Crippen LogP contribution in [0.5, 0.6) is 5.75 Å². The third kappa shape index (κ3) is 4.50. The van der Waals surface area contributed by atoms with E-state index < -0.39 is 0 Å². The molecule has 1 N–H and O–H groups in total. The fraction of sp³-hybridized carbons (Fsp3) is 0.562. The monoisotopic (exact) mass is 297 g/mol. The first-order chi connectivity index (χ1) is 9.22. The first-order valence-corrected chi connectivity index (χ1v) is 7.32. The lowest BCUT2D eigenvalue weighted by molar-refractivity contribution is 0.101. The number of carbonyl (C=O) groups is 1. The summed E-state index contributed by atoms with van der Waals surface area (Å²) >= 11 is 6.03. The van der Waals surface area contributed by atoms with Gasteiger partial charge in [-0.2, -0.15) is 0 Å². The van der Waals surface area contributed by atoms with E-state index in [0.717, 1.165) is 6.42 Å². The van der Waals surface area contributed by atoms with Gasteiger partial charge in [0.1, 0.15) is 5.75 Å². The van der Waals surface area contributed by atoms with Crippen molar-refractivity contribution in [2.75, 3.05) is 7.05 Å². The first kappa shape index (κ1) is 17.0. The van der Waals surface area contributed by atoms with E-state index >= 15 is 0 Å². The maximum absolute atomic E-state index is 11.5. The molecule has 1 aromatic rings. The van der Waals surface area contributed by atoms with Crippen molar-refractivity contribution in [3.8, 4) is 5.75 Å². The second-order valence-electron chi connectivity index (χ2n) is 5.91. The van der Waals surface area contributed by atoms with Crippen LogP contribution < -0.4 is 0 Å². The molecule has 0 heterocycles. The van der Waals surface area contributed by atoms with E-state index in [4.69, 9.17) is 11.6 Å². The molecule has 0 saturated heterocycles. The molecule has 0 bridgehead atoms. The maximum atomic E-state index is 11.5. The van der Waals surface area contributed by atoms with Crippen molar-refractivity contribution in [1.82, 2.24) is 4.90 Å². The summed E-state index contributed by atoms with van der Waals surface area (Å²) in [6.45, 7) is 8.54. The minimum Gasteiger partial charge on any atom is -0.507 e. The van der Waals surface area contributed by atoms with E-state index in [-0.39, 0.29) is 17.1 Å². The van der Waals surface area contributed by atoms with E-state index in [9.17, 15) is 9.90 Å². The summed E-state index contributed by atoms with van der Waals surface area (Å²) in [4.78, 5) is 13.7. The fourth-order valence-electron chi connectivity index (χ4n) is 2.33. The zero-order valence-corrected chi connectivity index (χ0v) is 13.7. The SMILES string of the molecule is CC(=O)c1cc(Cl)cc(CN(C)C(C)CC(C)C)c1O. The van der Waals surface area contributed by atoms with Crippen LogP contribution in [0.2, 0.25) is 5.02 Å². The second kappa shape index (κ2) is 7.09. The Morgan fingerprint density at radius 2 is 1.95 bits per heavy atom. The Balaban J connectivity index is 2.95. The molecule has 0 amide bonds. The van der Waals surface area contributed by atoms with Crippen LogP contribution in [-0.2, 0) is 6.54 Å². The minimum absolute atomic E-state index is 0.0468. The van der Waals surface area contributed by atoms with Gasteiger partial charge in [0.05, 0.1) is 5.56 Å². The van der Waals surface area contributed by atoms with Crippen LogP contribution >= 0.6 is 11.6 Å². The normalized spacial score (nSPS) is 13.0. The van der Waals surface area contributed by atoms with Crippen LogP contribution in [0.25, 0.3) is 0 Å². The Morgan fingerprint density at radius 1 is 1.35 bits per heavy atom. The molecule has 1 rings (SSSR count). The Hall–Kier alpha value is -1.06. The quantitative estimate of drug-likeness (QED) is 0.803. The van der Waals surface area contributed by atoms with Crippen molar-refractivity contribution in [3.05, 3.63) is 28.3 Å². The van der Waals surface area contributed by atoms with Gasteiger partial charge < -0.3 is 5.11 Å². The predicted molar refractivity (Wildman–Crippen MR) is 83.5 cm³/mol. The Labute approximate surface area is 126 Å². The molecule has 0 aromatic heterocycles. The van der Waals surface area contributed by atoms with Crippen molar-refractivity contribution < 1.29 is 9.90 Å². The number of benzene rings is 1. The lowest BCUT2D eigenvalue weighted by Crippen LogP contribution is -2.29. The summed E-state index contributed by atoms with van der Waals surface area (Å²) in [7, 11) is 2.01. The van der Waals surface area contributed by atoms with Gasteiger partial charge in [-0.3, -0.25) is 9.69 Å². The van der Waals surface area contributed by atoms with E-state index in [1.165, 1.54) is 13.0 Å². The molecular weight excluding hydrogens is 274 g/mol. The van der Waals surface area contributed by atoms with Gasteiger partial charge in [0.2, 0.25) is 0 Å². The lowest BCUT2D eigenvalue weighted by Gasteiger charge is -2.26. The average Bonchev–Trinajstić information content (AvgIpc) is 2.31. The molecule has 0 spiro atoms. The van der Waals surface area contributed by atoms with Gasteiger partial charge in [0.25, 0.3) is 0 Å². The molecular formula is C16H24ClNO2. The zero-order chi connectivity index (χ0) is 15.4. The molecule has 0 saturated carbocycles. The topological polar surface area (TPSA) is 40.5 Å². The zero-order valence-electron chi connectivity index (χ0n) is 12.9.